The van der Waals surface area contributed by atoms with E-state index in [1.165, 1.54) is 16.4 Å². The predicted molar refractivity (Wildman–Crippen MR) is 113 cm³/mol. The molecule has 2 aromatic carbocycles. The van der Waals surface area contributed by atoms with Gasteiger partial charge in [0, 0.05) is 19.0 Å². The topological polar surface area (TPSA) is 75.7 Å². The predicted octanol–water partition coefficient (Wildman–Crippen LogP) is 3.59. The van der Waals surface area contributed by atoms with Crippen LogP contribution >= 0.6 is 23.2 Å². The van der Waals surface area contributed by atoms with Gasteiger partial charge in [0.15, 0.2) is 0 Å². The SMILES string of the molecule is O=C(NCCOc1ccccc1)C1CCN(S(=O)(=O)c2c(Cl)cccc2Cl)CC1. The van der Waals surface area contributed by atoms with E-state index in [9.17, 15) is 13.2 Å². The van der Waals surface area contributed by atoms with Gasteiger partial charge in [0.2, 0.25) is 15.9 Å². The summed E-state index contributed by atoms with van der Waals surface area (Å²) >= 11 is 12.1. The average molecular weight is 457 g/mol. The molecule has 2 aromatic rings. The Bertz CT molecular complexity index is 926. The van der Waals surface area contributed by atoms with Crippen LogP contribution in [0, 0.1) is 5.92 Å². The van der Waals surface area contributed by atoms with Crippen LogP contribution in [0.25, 0.3) is 0 Å². The van der Waals surface area contributed by atoms with E-state index in [4.69, 9.17) is 27.9 Å². The molecule has 0 unspecified atom stereocenters. The molecule has 0 bridgehead atoms. The summed E-state index contributed by atoms with van der Waals surface area (Å²) in [6.07, 6.45) is 0.874. The molecule has 0 aromatic heterocycles. The first-order chi connectivity index (χ1) is 13.9. The second-order valence-corrected chi connectivity index (χ2v) is 9.37. The molecule has 1 aliphatic rings. The lowest BCUT2D eigenvalue weighted by atomic mass is 9.97. The molecular weight excluding hydrogens is 435 g/mol. The molecule has 1 amide bonds. The van der Waals surface area contributed by atoms with Crippen molar-refractivity contribution < 1.29 is 17.9 Å². The van der Waals surface area contributed by atoms with Gasteiger partial charge in [-0.2, -0.15) is 4.31 Å². The monoisotopic (exact) mass is 456 g/mol. The summed E-state index contributed by atoms with van der Waals surface area (Å²) in [6, 6.07) is 14.0. The van der Waals surface area contributed by atoms with Crippen molar-refractivity contribution in [3.05, 3.63) is 58.6 Å². The van der Waals surface area contributed by atoms with Gasteiger partial charge in [-0.05, 0) is 37.1 Å². The van der Waals surface area contributed by atoms with Gasteiger partial charge in [-0.1, -0.05) is 47.5 Å². The molecular formula is C20H22Cl2N2O4S. The van der Waals surface area contributed by atoms with Gasteiger partial charge < -0.3 is 10.1 Å². The molecule has 9 heteroatoms. The molecule has 3 rings (SSSR count). The van der Waals surface area contributed by atoms with E-state index in [2.05, 4.69) is 5.32 Å². The van der Waals surface area contributed by atoms with E-state index in [1.54, 1.807) is 6.07 Å². The van der Waals surface area contributed by atoms with Gasteiger partial charge >= 0.3 is 0 Å². The smallest absolute Gasteiger partial charge is 0.246 e. The molecule has 1 heterocycles. The Balaban J connectivity index is 1.49. The fourth-order valence-corrected chi connectivity index (χ4v) is 5.78. The normalized spacial score (nSPS) is 15.8. The molecule has 29 heavy (non-hydrogen) atoms. The van der Waals surface area contributed by atoms with Gasteiger partial charge in [0.1, 0.15) is 17.3 Å². The highest BCUT2D eigenvalue weighted by molar-refractivity contribution is 7.89. The number of hydrogen-bond donors (Lipinski definition) is 1. The van der Waals surface area contributed by atoms with E-state index < -0.39 is 10.0 Å². The van der Waals surface area contributed by atoms with Crippen molar-refractivity contribution in [1.82, 2.24) is 9.62 Å². The maximum absolute atomic E-state index is 12.9. The molecule has 0 spiro atoms. The van der Waals surface area contributed by atoms with Crippen LogP contribution in [0.2, 0.25) is 10.0 Å². The fourth-order valence-electron chi connectivity index (χ4n) is 3.22. The van der Waals surface area contributed by atoms with Crippen molar-refractivity contribution in [3.8, 4) is 5.75 Å². The Hall–Kier alpha value is -1.80. The zero-order valence-electron chi connectivity index (χ0n) is 15.7. The van der Waals surface area contributed by atoms with Crippen LogP contribution < -0.4 is 10.1 Å². The highest BCUT2D eigenvalue weighted by atomic mass is 35.5. The summed E-state index contributed by atoms with van der Waals surface area (Å²) in [5.41, 5.74) is 0. The number of rotatable bonds is 7. The van der Waals surface area contributed by atoms with Crippen LogP contribution in [0.1, 0.15) is 12.8 Å². The maximum Gasteiger partial charge on any atom is 0.246 e. The molecule has 0 saturated carbocycles. The third kappa shape index (κ3) is 5.42. The number of para-hydroxylation sites is 1. The molecule has 1 N–H and O–H groups in total. The highest BCUT2D eigenvalue weighted by Gasteiger charge is 2.34. The first-order valence-electron chi connectivity index (χ1n) is 9.29. The van der Waals surface area contributed by atoms with Crippen molar-refractivity contribution >= 4 is 39.1 Å². The van der Waals surface area contributed by atoms with E-state index in [0.717, 1.165) is 5.75 Å². The number of benzene rings is 2. The Morgan fingerprint density at radius 2 is 1.66 bits per heavy atom. The number of halogens is 2. The second-order valence-electron chi connectivity index (χ2n) is 6.68. The van der Waals surface area contributed by atoms with Crippen molar-refractivity contribution in [2.45, 2.75) is 17.7 Å². The molecule has 1 saturated heterocycles. The Morgan fingerprint density at radius 1 is 1.03 bits per heavy atom. The van der Waals surface area contributed by atoms with Gasteiger partial charge in [-0.15, -0.1) is 0 Å². The zero-order chi connectivity index (χ0) is 20.9. The molecule has 6 nitrogen and oxygen atoms in total. The minimum Gasteiger partial charge on any atom is -0.492 e. The third-order valence-electron chi connectivity index (χ3n) is 4.75. The van der Waals surface area contributed by atoms with E-state index in [0.29, 0.717) is 26.0 Å². The first-order valence-corrected chi connectivity index (χ1v) is 11.5. The largest absolute Gasteiger partial charge is 0.492 e. The first kappa shape index (κ1) is 21.9. The highest BCUT2D eigenvalue weighted by Crippen LogP contribution is 2.33. The summed E-state index contributed by atoms with van der Waals surface area (Å²) in [6.45, 7) is 1.24. The molecule has 0 aliphatic carbocycles. The maximum atomic E-state index is 12.9. The van der Waals surface area contributed by atoms with Crippen LogP contribution in [0.4, 0.5) is 0 Å². The number of hydrogen-bond acceptors (Lipinski definition) is 4. The van der Waals surface area contributed by atoms with Crippen LogP contribution in [0.3, 0.4) is 0 Å². The van der Waals surface area contributed by atoms with Crippen LogP contribution in [0.5, 0.6) is 5.75 Å². The molecule has 0 radical (unpaired) electrons. The van der Waals surface area contributed by atoms with Gasteiger partial charge in [0.25, 0.3) is 0 Å². The van der Waals surface area contributed by atoms with E-state index in [1.807, 2.05) is 30.3 Å². The van der Waals surface area contributed by atoms with Gasteiger partial charge in [-0.25, -0.2) is 8.42 Å². The van der Waals surface area contributed by atoms with Crippen LogP contribution in [0.15, 0.2) is 53.4 Å². The van der Waals surface area contributed by atoms with Crippen molar-refractivity contribution in [3.63, 3.8) is 0 Å². The average Bonchev–Trinajstić information content (AvgIpc) is 2.71. The number of piperidine rings is 1. The lowest BCUT2D eigenvalue weighted by molar-refractivity contribution is -0.126. The number of sulfonamides is 1. The molecule has 1 aliphatic heterocycles. The Labute approximate surface area is 180 Å². The number of amides is 1. The number of nitrogens with one attached hydrogen (secondary N) is 1. The minimum atomic E-state index is -3.81. The summed E-state index contributed by atoms with van der Waals surface area (Å²) in [5.74, 6) is 0.424. The van der Waals surface area contributed by atoms with Gasteiger partial charge in [-0.3, -0.25) is 4.79 Å². The van der Waals surface area contributed by atoms with Crippen molar-refractivity contribution in [1.29, 1.82) is 0 Å². The number of nitrogens with zero attached hydrogens (tertiary/aromatic N) is 1. The molecule has 156 valence electrons. The second kappa shape index (κ2) is 9.80. The zero-order valence-corrected chi connectivity index (χ0v) is 18.0. The van der Waals surface area contributed by atoms with Gasteiger partial charge in [0.05, 0.1) is 16.6 Å². The third-order valence-corrected chi connectivity index (χ3v) is 7.61. The van der Waals surface area contributed by atoms with Crippen molar-refractivity contribution in [2.75, 3.05) is 26.2 Å². The van der Waals surface area contributed by atoms with Crippen molar-refractivity contribution in [2.24, 2.45) is 5.92 Å². The standard InChI is InChI=1S/C20H22Cl2N2O4S/c21-17-7-4-8-18(22)19(17)29(26,27)24-12-9-15(10-13-24)20(25)23-11-14-28-16-5-2-1-3-6-16/h1-8,15H,9-14H2,(H,23,25). The fraction of sp³-hybridized carbons (Fsp3) is 0.350. The lowest BCUT2D eigenvalue weighted by Gasteiger charge is -2.31. The quantitative estimate of drug-likeness (QED) is 0.645. The van der Waals surface area contributed by atoms with Crippen LogP contribution in [-0.2, 0) is 14.8 Å². The number of carbonyl (C=O) groups is 1. The number of ether oxygens (including phenoxy) is 1. The van der Waals surface area contributed by atoms with E-state index >= 15 is 0 Å². The lowest BCUT2D eigenvalue weighted by Crippen LogP contribution is -2.43. The molecule has 0 atom stereocenters. The summed E-state index contributed by atoms with van der Waals surface area (Å²) in [5, 5.41) is 3.04. The summed E-state index contributed by atoms with van der Waals surface area (Å²) in [7, 11) is -3.81. The minimum absolute atomic E-state index is 0.0794. The van der Waals surface area contributed by atoms with E-state index in [-0.39, 0.29) is 39.9 Å². The Morgan fingerprint density at radius 3 is 2.28 bits per heavy atom. The summed E-state index contributed by atoms with van der Waals surface area (Å²) in [4.78, 5) is 12.3. The summed E-state index contributed by atoms with van der Waals surface area (Å²) < 4.78 is 32.7. The Kier molecular flexibility index (Phi) is 7.40. The molecule has 1 fully saturated rings. The number of carbonyl (C=O) groups excluding carboxylic acids is 1. The van der Waals surface area contributed by atoms with Crippen LogP contribution in [-0.4, -0.2) is 44.9 Å².